The second-order valence-electron chi connectivity index (χ2n) is 3.54. The summed E-state index contributed by atoms with van der Waals surface area (Å²) in [5.74, 6) is 2.34. The molecule has 0 saturated carbocycles. The Morgan fingerprint density at radius 1 is 1.25 bits per heavy atom. The number of thioether (sulfide) groups is 1. The van der Waals surface area contributed by atoms with Crippen LogP contribution in [0, 0.1) is 0 Å². The molecule has 1 heterocycles. The molecule has 0 atom stereocenters. The minimum atomic E-state index is 0.836. The Bertz CT molecular complexity index is 361. The SMILES string of the molecule is S=C(Nc1ccc(Br)cc1)N1CCSCC1. The van der Waals surface area contributed by atoms with Gasteiger partial charge < -0.3 is 10.2 Å². The van der Waals surface area contributed by atoms with Crippen molar-refractivity contribution in [2.24, 2.45) is 0 Å². The summed E-state index contributed by atoms with van der Waals surface area (Å²) in [6, 6.07) is 8.07. The van der Waals surface area contributed by atoms with Crippen molar-refractivity contribution in [1.29, 1.82) is 0 Å². The van der Waals surface area contributed by atoms with Gasteiger partial charge in [-0.25, -0.2) is 0 Å². The molecular formula is C11H13BrN2S2. The highest BCUT2D eigenvalue weighted by molar-refractivity contribution is 9.10. The molecule has 1 aliphatic heterocycles. The van der Waals surface area contributed by atoms with E-state index >= 15 is 0 Å². The van der Waals surface area contributed by atoms with Gasteiger partial charge in [-0.05, 0) is 36.5 Å². The second-order valence-corrected chi connectivity index (χ2v) is 6.06. The molecule has 86 valence electrons. The van der Waals surface area contributed by atoms with Crippen molar-refractivity contribution in [2.75, 3.05) is 29.9 Å². The normalized spacial score (nSPS) is 15.9. The van der Waals surface area contributed by atoms with Crippen LogP contribution in [-0.2, 0) is 0 Å². The molecule has 1 aromatic carbocycles. The fraction of sp³-hybridized carbons (Fsp3) is 0.364. The highest BCUT2D eigenvalue weighted by Gasteiger charge is 2.13. The number of hydrogen-bond donors (Lipinski definition) is 1. The number of hydrogen-bond acceptors (Lipinski definition) is 2. The quantitative estimate of drug-likeness (QED) is 0.800. The summed E-state index contributed by atoms with van der Waals surface area (Å²) in [5, 5.41) is 4.10. The smallest absolute Gasteiger partial charge is 0.173 e. The van der Waals surface area contributed by atoms with Crippen molar-refractivity contribution >= 4 is 50.7 Å². The largest absolute Gasteiger partial charge is 0.347 e. The number of thiocarbonyl (C=S) groups is 1. The third-order valence-electron chi connectivity index (χ3n) is 2.39. The number of rotatable bonds is 1. The maximum Gasteiger partial charge on any atom is 0.173 e. The van der Waals surface area contributed by atoms with Gasteiger partial charge in [-0.3, -0.25) is 0 Å². The Kier molecular flexibility index (Phi) is 4.49. The fourth-order valence-corrected chi connectivity index (χ4v) is 2.97. The Labute approximate surface area is 114 Å². The lowest BCUT2D eigenvalue weighted by atomic mass is 10.3. The predicted octanol–water partition coefficient (Wildman–Crippen LogP) is 3.19. The van der Waals surface area contributed by atoms with Crippen LogP contribution in [0.4, 0.5) is 5.69 Å². The molecule has 1 aliphatic rings. The molecule has 5 heteroatoms. The van der Waals surface area contributed by atoms with E-state index in [2.05, 4.69) is 26.1 Å². The van der Waals surface area contributed by atoms with Crippen molar-refractivity contribution in [3.8, 4) is 0 Å². The number of nitrogens with one attached hydrogen (secondary N) is 1. The van der Waals surface area contributed by atoms with Crippen LogP contribution >= 0.6 is 39.9 Å². The summed E-state index contributed by atoms with van der Waals surface area (Å²) >= 11 is 10.8. The molecule has 0 aliphatic carbocycles. The van der Waals surface area contributed by atoms with Crippen molar-refractivity contribution in [2.45, 2.75) is 0 Å². The maximum absolute atomic E-state index is 5.38. The van der Waals surface area contributed by atoms with Crippen molar-refractivity contribution in [3.63, 3.8) is 0 Å². The highest BCUT2D eigenvalue weighted by Crippen LogP contribution is 2.16. The summed E-state index contributed by atoms with van der Waals surface area (Å²) in [6.07, 6.45) is 0. The first-order valence-electron chi connectivity index (χ1n) is 5.15. The van der Waals surface area contributed by atoms with Crippen LogP contribution in [0.5, 0.6) is 0 Å². The van der Waals surface area contributed by atoms with Gasteiger partial charge in [-0.1, -0.05) is 15.9 Å². The van der Waals surface area contributed by atoms with Crippen molar-refractivity contribution < 1.29 is 0 Å². The first-order chi connectivity index (χ1) is 7.75. The van der Waals surface area contributed by atoms with Crippen LogP contribution < -0.4 is 5.32 Å². The fourth-order valence-electron chi connectivity index (χ4n) is 1.50. The summed E-state index contributed by atoms with van der Waals surface area (Å²) in [5.41, 5.74) is 1.05. The number of halogens is 1. The van der Waals surface area contributed by atoms with E-state index in [0.717, 1.165) is 28.4 Å². The van der Waals surface area contributed by atoms with Gasteiger partial charge >= 0.3 is 0 Å². The molecule has 0 spiro atoms. The molecule has 1 fully saturated rings. The molecule has 1 saturated heterocycles. The molecule has 1 N–H and O–H groups in total. The Hall–Kier alpha value is -0.260. The van der Waals surface area contributed by atoms with Gasteiger partial charge in [-0.2, -0.15) is 11.8 Å². The van der Waals surface area contributed by atoms with Crippen LogP contribution in [0.25, 0.3) is 0 Å². The average molecular weight is 317 g/mol. The van der Waals surface area contributed by atoms with E-state index in [9.17, 15) is 0 Å². The van der Waals surface area contributed by atoms with Crippen LogP contribution in [-0.4, -0.2) is 34.6 Å². The molecule has 0 bridgehead atoms. The molecule has 2 nitrogen and oxygen atoms in total. The molecule has 16 heavy (non-hydrogen) atoms. The molecule has 2 rings (SSSR count). The van der Waals surface area contributed by atoms with Crippen LogP contribution in [0.1, 0.15) is 0 Å². The predicted molar refractivity (Wildman–Crippen MR) is 79.3 cm³/mol. The first-order valence-corrected chi connectivity index (χ1v) is 7.50. The Balaban J connectivity index is 1.93. The minimum absolute atomic E-state index is 0.836. The van der Waals surface area contributed by atoms with Gasteiger partial charge in [0.2, 0.25) is 0 Å². The van der Waals surface area contributed by atoms with Gasteiger partial charge in [0.25, 0.3) is 0 Å². The zero-order chi connectivity index (χ0) is 11.4. The minimum Gasteiger partial charge on any atom is -0.347 e. The number of benzene rings is 1. The van der Waals surface area contributed by atoms with Gasteiger partial charge in [0, 0.05) is 34.8 Å². The lowest BCUT2D eigenvalue weighted by Gasteiger charge is -2.29. The third kappa shape index (κ3) is 3.37. The van der Waals surface area contributed by atoms with E-state index in [1.807, 2.05) is 36.0 Å². The second kappa shape index (κ2) is 5.89. The van der Waals surface area contributed by atoms with Crippen LogP contribution in [0.15, 0.2) is 28.7 Å². The van der Waals surface area contributed by atoms with Gasteiger partial charge in [0.15, 0.2) is 5.11 Å². The molecule has 1 aromatic rings. The molecule has 0 aromatic heterocycles. The van der Waals surface area contributed by atoms with Crippen LogP contribution in [0.3, 0.4) is 0 Å². The molecule has 0 radical (unpaired) electrons. The summed E-state index contributed by atoms with van der Waals surface area (Å²) in [7, 11) is 0. The van der Waals surface area contributed by atoms with E-state index in [1.165, 1.54) is 11.5 Å². The lowest BCUT2D eigenvalue weighted by molar-refractivity contribution is 0.470. The Morgan fingerprint density at radius 3 is 2.50 bits per heavy atom. The third-order valence-corrected chi connectivity index (χ3v) is 4.23. The van der Waals surface area contributed by atoms with Gasteiger partial charge in [-0.15, -0.1) is 0 Å². The van der Waals surface area contributed by atoms with Crippen molar-refractivity contribution in [3.05, 3.63) is 28.7 Å². The highest BCUT2D eigenvalue weighted by atomic mass is 79.9. The van der Waals surface area contributed by atoms with E-state index in [1.54, 1.807) is 0 Å². The van der Waals surface area contributed by atoms with Gasteiger partial charge in [0.05, 0.1) is 0 Å². The molecule has 0 amide bonds. The maximum atomic E-state index is 5.38. The number of nitrogens with zero attached hydrogens (tertiary/aromatic N) is 1. The first kappa shape index (κ1) is 12.2. The topological polar surface area (TPSA) is 15.3 Å². The van der Waals surface area contributed by atoms with E-state index in [0.29, 0.717) is 0 Å². The van der Waals surface area contributed by atoms with Gasteiger partial charge in [0.1, 0.15) is 0 Å². The lowest BCUT2D eigenvalue weighted by Crippen LogP contribution is -2.40. The monoisotopic (exact) mass is 316 g/mol. The van der Waals surface area contributed by atoms with Crippen LogP contribution in [0.2, 0.25) is 0 Å². The zero-order valence-corrected chi connectivity index (χ0v) is 12.0. The molecular weight excluding hydrogens is 304 g/mol. The zero-order valence-electron chi connectivity index (χ0n) is 8.78. The standard InChI is InChI=1S/C11H13BrN2S2/c12-9-1-3-10(4-2-9)13-11(15)14-5-7-16-8-6-14/h1-4H,5-8H2,(H,13,15). The van der Waals surface area contributed by atoms with E-state index < -0.39 is 0 Å². The molecule has 0 unspecified atom stereocenters. The summed E-state index contributed by atoms with van der Waals surface area (Å²) in [4.78, 5) is 2.23. The van der Waals surface area contributed by atoms with E-state index in [4.69, 9.17) is 12.2 Å². The summed E-state index contributed by atoms with van der Waals surface area (Å²) in [6.45, 7) is 2.10. The Morgan fingerprint density at radius 2 is 1.88 bits per heavy atom. The average Bonchev–Trinajstić information content (AvgIpc) is 2.33. The number of anilines is 1. The van der Waals surface area contributed by atoms with E-state index in [-0.39, 0.29) is 0 Å². The van der Waals surface area contributed by atoms with Crippen molar-refractivity contribution in [1.82, 2.24) is 4.90 Å². The summed E-state index contributed by atoms with van der Waals surface area (Å²) < 4.78 is 1.08.